The minimum absolute atomic E-state index is 0.231. The molecule has 0 saturated heterocycles. The molecular weight excluding hydrogens is 176 g/mol. The van der Waals surface area contributed by atoms with Gasteiger partial charge < -0.3 is 11.5 Å². The lowest BCUT2D eigenvalue weighted by atomic mass is 9.99. The van der Waals surface area contributed by atoms with Crippen molar-refractivity contribution in [2.45, 2.75) is 51.6 Å². The van der Waals surface area contributed by atoms with E-state index in [-0.39, 0.29) is 11.1 Å². The van der Waals surface area contributed by atoms with E-state index in [0.717, 1.165) is 12.8 Å². The molecule has 0 aliphatic carbocycles. The van der Waals surface area contributed by atoms with Crippen LogP contribution in [0.4, 0.5) is 0 Å². The van der Waals surface area contributed by atoms with Crippen molar-refractivity contribution >= 4 is 0 Å². The van der Waals surface area contributed by atoms with Crippen LogP contribution in [0.5, 0.6) is 0 Å². The molecule has 0 amide bonds. The lowest BCUT2D eigenvalue weighted by molar-refractivity contribution is 0.376. The third-order valence-corrected chi connectivity index (χ3v) is 2.94. The Bertz CT molecular complexity index is 161. The predicted octanol–water partition coefficient (Wildman–Crippen LogP) is 1.69. The molecule has 4 heteroatoms. The summed E-state index contributed by atoms with van der Waals surface area (Å²) in [6, 6.07) is 0. The van der Waals surface area contributed by atoms with Crippen LogP contribution in [-0.2, 0) is 0 Å². The average molecular weight is 200 g/mol. The van der Waals surface area contributed by atoms with Gasteiger partial charge in [0.1, 0.15) is 0 Å². The smallest absolute Gasteiger partial charge is 0.0907 e. The lowest BCUT2D eigenvalue weighted by Crippen LogP contribution is -2.35. The molecule has 2 unspecified atom stereocenters. The van der Waals surface area contributed by atoms with Crippen LogP contribution < -0.4 is 11.5 Å². The topological polar surface area (TPSA) is 76.8 Å². The molecule has 84 valence electrons. The highest BCUT2D eigenvalue weighted by molar-refractivity contribution is 4.86. The maximum absolute atomic E-state index is 5.64. The second-order valence-corrected chi connectivity index (χ2v) is 4.31. The van der Waals surface area contributed by atoms with Gasteiger partial charge >= 0.3 is 0 Å². The Hall–Kier alpha value is -0.480. The van der Waals surface area contributed by atoms with E-state index in [9.17, 15) is 0 Å². The molecule has 0 spiro atoms. The van der Waals surface area contributed by atoms with Gasteiger partial charge in [-0.1, -0.05) is 13.8 Å². The summed E-state index contributed by atoms with van der Waals surface area (Å²) in [5.74, 6) is 0. The molecule has 4 nitrogen and oxygen atoms in total. The monoisotopic (exact) mass is 200 g/mol. The number of hydrogen-bond acceptors (Lipinski definition) is 4. The quantitative estimate of drug-likeness (QED) is 0.640. The van der Waals surface area contributed by atoms with Crippen molar-refractivity contribution in [2.75, 3.05) is 13.1 Å². The van der Waals surface area contributed by atoms with E-state index in [4.69, 9.17) is 11.5 Å². The van der Waals surface area contributed by atoms with Gasteiger partial charge in [-0.2, -0.15) is 10.2 Å². The van der Waals surface area contributed by atoms with Crippen LogP contribution in [0.1, 0.15) is 40.5 Å². The Kier molecular flexibility index (Phi) is 5.23. The second kappa shape index (κ2) is 5.41. The van der Waals surface area contributed by atoms with Crippen LogP contribution in [0.15, 0.2) is 10.2 Å². The summed E-state index contributed by atoms with van der Waals surface area (Å²) in [7, 11) is 0. The molecule has 14 heavy (non-hydrogen) atoms. The number of hydrogen-bond donors (Lipinski definition) is 2. The molecule has 0 saturated carbocycles. The van der Waals surface area contributed by atoms with Crippen molar-refractivity contribution in [1.82, 2.24) is 0 Å². The molecule has 0 fully saturated rings. The molecule has 4 N–H and O–H groups in total. The molecule has 0 aromatic heterocycles. The van der Waals surface area contributed by atoms with Crippen molar-refractivity contribution < 1.29 is 0 Å². The van der Waals surface area contributed by atoms with E-state index in [1.54, 1.807) is 0 Å². The van der Waals surface area contributed by atoms with Crippen LogP contribution in [0.2, 0.25) is 0 Å². The van der Waals surface area contributed by atoms with Gasteiger partial charge in [0.25, 0.3) is 0 Å². The first-order valence-electron chi connectivity index (χ1n) is 5.29. The number of rotatable bonds is 6. The standard InChI is InChI=1S/C10H24N4/c1-5-9(3,7-11)13-14-10(4,6-2)8-12/h5-8,11-12H2,1-4H3. The first-order valence-corrected chi connectivity index (χ1v) is 5.29. The maximum atomic E-state index is 5.64. The Morgan fingerprint density at radius 1 is 0.857 bits per heavy atom. The zero-order valence-corrected chi connectivity index (χ0v) is 9.88. The highest BCUT2D eigenvalue weighted by atomic mass is 15.2. The van der Waals surface area contributed by atoms with E-state index in [1.165, 1.54) is 0 Å². The number of nitrogens with zero attached hydrogens (tertiary/aromatic N) is 2. The fraction of sp³-hybridized carbons (Fsp3) is 1.00. The predicted molar refractivity (Wildman–Crippen MR) is 60.4 cm³/mol. The average Bonchev–Trinajstić information content (AvgIpc) is 2.25. The normalized spacial score (nSPS) is 20.7. The molecular formula is C10H24N4. The van der Waals surface area contributed by atoms with Crippen molar-refractivity contribution in [3.63, 3.8) is 0 Å². The summed E-state index contributed by atoms with van der Waals surface area (Å²) in [5.41, 5.74) is 10.8. The Morgan fingerprint density at radius 3 is 1.29 bits per heavy atom. The van der Waals surface area contributed by atoms with Crippen molar-refractivity contribution in [1.29, 1.82) is 0 Å². The van der Waals surface area contributed by atoms with Crippen LogP contribution in [-0.4, -0.2) is 24.2 Å². The molecule has 0 radical (unpaired) electrons. The Labute approximate surface area is 87.2 Å². The van der Waals surface area contributed by atoms with E-state index >= 15 is 0 Å². The van der Waals surface area contributed by atoms with E-state index < -0.39 is 0 Å². The molecule has 0 aromatic carbocycles. The van der Waals surface area contributed by atoms with Gasteiger partial charge in [-0.15, -0.1) is 0 Å². The molecule has 2 atom stereocenters. The van der Waals surface area contributed by atoms with Crippen LogP contribution in [0.3, 0.4) is 0 Å². The summed E-state index contributed by atoms with van der Waals surface area (Å²) in [6.45, 7) is 9.22. The molecule has 0 aromatic rings. The van der Waals surface area contributed by atoms with Crippen LogP contribution >= 0.6 is 0 Å². The first-order chi connectivity index (χ1) is 6.45. The molecule has 0 bridgehead atoms. The zero-order chi connectivity index (χ0) is 11.2. The highest BCUT2D eigenvalue weighted by Gasteiger charge is 2.23. The van der Waals surface area contributed by atoms with Gasteiger partial charge in [0, 0.05) is 13.1 Å². The Morgan fingerprint density at radius 2 is 1.14 bits per heavy atom. The lowest BCUT2D eigenvalue weighted by Gasteiger charge is -2.24. The van der Waals surface area contributed by atoms with Crippen LogP contribution in [0.25, 0.3) is 0 Å². The number of azo groups is 1. The summed E-state index contributed by atoms with van der Waals surface area (Å²) >= 11 is 0. The van der Waals surface area contributed by atoms with Crippen molar-refractivity contribution in [2.24, 2.45) is 21.7 Å². The second-order valence-electron chi connectivity index (χ2n) is 4.31. The van der Waals surface area contributed by atoms with E-state index in [0.29, 0.717) is 13.1 Å². The van der Waals surface area contributed by atoms with Gasteiger partial charge in [0.2, 0.25) is 0 Å². The van der Waals surface area contributed by atoms with Gasteiger partial charge in [-0.3, -0.25) is 0 Å². The summed E-state index contributed by atoms with van der Waals surface area (Å²) in [4.78, 5) is 0. The summed E-state index contributed by atoms with van der Waals surface area (Å²) < 4.78 is 0. The van der Waals surface area contributed by atoms with E-state index in [1.807, 2.05) is 13.8 Å². The number of nitrogens with two attached hydrogens (primary N) is 2. The van der Waals surface area contributed by atoms with Gasteiger partial charge in [0.15, 0.2) is 0 Å². The first kappa shape index (κ1) is 13.5. The van der Waals surface area contributed by atoms with Gasteiger partial charge in [-0.25, -0.2) is 0 Å². The van der Waals surface area contributed by atoms with Gasteiger partial charge in [0.05, 0.1) is 11.1 Å². The van der Waals surface area contributed by atoms with Crippen molar-refractivity contribution in [3.8, 4) is 0 Å². The third-order valence-electron chi connectivity index (χ3n) is 2.94. The Balaban J connectivity index is 4.54. The van der Waals surface area contributed by atoms with E-state index in [2.05, 4.69) is 24.1 Å². The molecule has 0 aliphatic heterocycles. The SMILES string of the molecule is CCC(C)(CN)N=NC(C)(CC)CN. The largest absolute Gasteiger partial charge is 0.328 e. The summed E-state index contributed by atoms with van der Waals surface area (Å²) in [5, 5.41) is 8.65. The zero-order valence-electron chi connectivity index (χ0n) is 9.88. The minimum Gasteiger partial charge on any atom is -0.328 e. The molecule has 0 aliphatic rings. The fourth-order valence-electron chi connectivity index (χ4n) is 0.753. The fourth-order valence-corrected chi connectivity index (χ4v) is 0.753. The van der Waals surface area contributed by atoms with Crippen molar-refractivity contribution in [3.05, 3.63) is 0 Å². The minimum atomic E-state index is -0.231. The molecule has 0 heterocycles. The van der Waals surface area contributed by atoms with Crippen LogP contribution in [0, 0.1) is 0 Å². The maximum Gasteiger partial charge on any atom is 0.0907 e. The van der Waals surface area contributed by atoms with Gasteiger partial charge in [-0.05, 0) is 26.7 Å². The highest BCUT2D eigenvalue weighted by Crippen LogP contribution is 2.19. The molecule has 0 rings (SSSR count). The third kappa shape index (κ3) is 3.72. The summed E-state index contributed by atoms with van der Waals surface area (Å²) in [6.07, 6.45) is 1.80.